The number of aromatic amines is 1. The van der Waals surface area contributed by atoms with Gasteiger partial charge >= 0.3 is 0 Å². The summed E-state index contributed by atoms with van der Waals surface area (Å²) in [6.07, 6.45) is 1.51. The minimum atomic E-state index is -0.213. The lowest BCUT2D eigenvalue weighted by atomic mass is 10.1. The Morgan fingerprint density at radius 3 is 2.42 bits per heavy atom. The average molecular weight is 286 g/mol. The van der Waals surface area contributed by atoms with Crippen molar-refractivity contribution in [1.82, 2.24) is 15.2 Å². The molecule has 0 aromatic carbocycles. The second-order valence-corrected chi connectivity index (χ2v) is 5.07. The van der Waals surface area contributed by atoms with Gasteiger partial charge in [-0.15, -0.1) is 12.4 Å². The fraction of sp³-hybridized carbons (Fsp3) is 0.538. The molecular weight excluding hydrogens is 266 g/mol. The van der Waals surface area contributed by atoms with Crippen LogP contribution in [0.3, 0.4) is 0 Å². The van der Waals surface area contributed by atoms with Crippen LogP contribution in [-0.4, -0.2) is 41.0 Å². The first-order valence-electron chi connectivity index (χ1n) is 6.22. The van der Waals surface area contributed by atoms with Crippen molar-refractivity contribution in [1.29, 1.82) is 0 Å². The molecule has 106 valence electrons. The van der Waals surface area contributed by atoms with Gasteiger partial charge in [0.25, 0.3) is 5.91 Å². The topological polar surface area (TPSA) is 65.2 Å². The van der Waals surface area contributed by atoms with Gasteiger partial charge in [0.2, 0.25) is 0 Å². The van der Waals surface area contributed by atoms with Gasteiger partial charge in [-0.3, -0.25) is 9.59 Å². The molecule has 1 saturated heterocycles. The van der Waals surface area contributed by atoms with Crippen LogP contribution in [0.25, 0.3) is 0 Å². The third-order valence-electron chi connectivity index (χ3n) is 3.13. The van der Waals surface area contributed by atoms with E-state index in [9.17, 15) is 9.59 Å². The van der Waals surface area contributed by atoms with Gasteiger partial charge in [0.1, 0.15) is 5.56 Å². The molecule has 0 spiro atoms. The summed E-state index contributed by atoms with van der Waals surface area (Å²) < 4.78 is 0. The summed E-state index contributed by atoms with van der Waals surface area (Å²) in [5.74, 6) is -0.184. The van der Waals surface area contributed by atoms with E-state index in [0.29, 0.717) is 13.1 Å². The van der Waals surface area contributed by atoms with E-state index in [1.807, 2.05) is 13.8 Å². The molecule has 2 rings (SSSR count). The molecule has 0 aliphatic carbocycles. The van der Waals surface area contributed by atoms with Gasteiger partial charge in [0.05, 0.1) is 0 Å². The highest BCUT2D eigenvalue weighted by Gasteiger charge is 2.26. The lowest BCUT2D eigenvalue weighted by Crippen LogP contribution is -2.56. The Hall–Kier alpha value is -1.33. The molecule has 0 bridgehead atoms. The van der Waals surface area contributed by atoms with Gasteiger partial charge in [-0.1, -0.05) is 0 Å². The van der Waals surface area contributed by atoms with Crippen molar-refractivity contribution in [3.8, 4) is 0 Å². The van der Waals surface area contributed by atoms with Crippen molar-refractivity contribution >= 4 is 18.3 Å². The molecule has 2 heterocycles. The number of pyridine rings is 1. The summed E-state index contributed by atoms with van der Waals surface area (Å²) in [5, 5.41) is 3.36. The Balaban J connectivity index is 0.00000180. The number of rotatable bonds is 1. The van der Waals surface area contributed by atoms with Gasteiger partial charge in [-0.25, -0.2) is 0 Å². The molecular formula is C13H20ClN3O2. The highest BCUT2D eigenvalue weighted by Crippen LogP contribution is 2.07. The van der Waals surface area contributed by atoms with Crippen LogP contribution in [0.5, 0.6) is 0 Å². The number of hydrogen-bond acceptors (Lipinski definition) is 3. The maximum atomic E-state index is 12.3. The Kier molecular flexibility index (Phi) is 5.14. The fourth-order valence-corrected chi connectivity index (χ4v) is 2.40. The standard InChI is InChI=1S/C13H19N3O2.ClH/c1-8-4-12(17)11(5-14-8)13(18)16-6-9(2)15-10(3)7-16;/h4-5,9-10,15H,6-7H2,1-3H3,(H,14,17);1H. The van der Waals surface area contributed by atoms with Crippen molar-refractivity contribution < 1.29 is 4.79 Å². The van der Waals surface area contributed by atoms with E-state index in [-0.39, 0.29) is 41.4 Å². The van der Waals surface area contributed by atoms with Gasteiger partial charge in [-0.05, 0) is 20.8 Å². The van der Waals surface area contributed by atoms with E-state index in [1.165, 1.54) is 12.3 Å². The van der Waals surface area contributed by atoms with Crippen molar-refractivity contribution in [2.75, 3.05) is 13.1 Å². The van der Waals surface area contributed by atoms with Gasteiger partial charge in [0.15, 0.2) is 5.43 Å². The molecule has 5 nitrogen and oxygen atoms in total. The van der Waals surface area contributed by atoms with Gasteiger partial charge in [-0.2, -0.15) is 0 Å². The Bertz CT molecular complexity index is 505. The van der Waals surface area contributed by atoms with Crippen molar-refractivity contribution in [2.24, 2.45) is 0 Å². The minimum absolute atomic E-state index is 0. The van der Waals surface area contributed by atoms with Crippen LogP contribution in [0, 0.1) is 6.92 Å². The Labute approximate surface area is 118 Å². The minimum Gasteiger partial charge on any atom is -0.364 e. The molecule has 6 heteroatoms. The molecule has 2 atom stereocenters. The largest absolute Gasteiger partial charge is 0.364 e. The number of nitrogens with zero attached hydrogens (tertiary/aromatic N) is 1. The molecule has 1 amide bonds. The Morgan fingerprint density at radius 1 is 1.32 bits per heavy atom. The van der Waals surface area contributed by atoms with E-state index in [4.69, 9.17) is 0 Å². The lowest BCUT2D eigenvalue weighted by Gasteiger charge is -2.36. The first-order valence-corrected chi connectivity index (χ1v) is 6.22. The highest BCUT2D eigenvalue weighted by atomic mass is 35.5. The number of aromatic nitrogens is 1. The highest BCUT2D eigenvalue weighted by molar-refractivity contribution is 5.94. The van der Waals surface area contributed by atoms with Crippen LogP contribution in [-0.2, 0) is 0 Å². The zero-order chi connectivity index (χ0) is 13.3. The number of H-pyrrole nitrogens is 1. The summed E-state index contributed by atoms with van der Waals surface area (Å²) >= 11 is 0. The average Bonchev–Trinajstić information content (AvgIpc) is 2.26. The zero-order valence-corrected chi connectivity index (χ0v) is 12.2. The number of carbonyl (C=O) groups excluding carboxylic acids is 1. The third-order valence-corrected chi connectivity index (χ3v) is 3.13. The molecule has 1 aromatic heterocycles. The van der Waals surface area contributed by atoms with E-state index in [0.717, 1.165) is 5.69 Å². The predicted octanol–water partition coefficient (Wildman–Crippen LogP) is 0.928. The van der Waals surface area contributed by atoms with Gasteiger partial charge < -0.3 is 15.2 Å². The van der Waals surface area contributed by atoms with Crippen LogP contribution < -0.4 is 10.7 Å². The van der Waals surface area contributed by atoms with Crippen LogP contribution in [0.4, 0.5) is 0 Å². The van der Waals surface area contributed by atoms with E-state index in [2.05, 4.69) is 10.3 Å². The summed E-state index contributed by atoms with van der Waals surface area (Å²) in [7, 11) is 0. The fourth-order valence-electron chi connectivity index (χ4n) is 2.40. The van der Waals surface area contributed by atoms with E-state index >= 15 is 0 Å². The molecule has 1 aliphatic heterocycles. The number of carbonyl (C=O) groups is 1. The summed E-state index contributed by atoms with van der Waals surface area (Å²) in [6.45, 7) is 7.14. The van der Waals surface area contributed by atoms with Crippen molar-refractivity contribution in [2.45, 2.75) is 32.9 Å². The third kappa shape index (κ3) is 3.58. The van der Waals surface area contributed by atoms with Crippen LogP contribution in [0.2, 0.25) is 0 Å². The SMILES string of the molecule is Cc1cc(=O)c(C(=O)N2CC(C)NC(C)C2)c[nH]1.Cl. The second kappa shape index (κ2) is 6.21. The number of amides is 1. The molecule has 19 heavy (non-hydrogen) atoms. The van der Waals surface area contributed by atoms with Crippen LogP contribution in [0.15, 0.2) is 17.1 Å². The molecule has 1 aromatic rings. The number of hydrogen-bond donors (Lipinski definition) is 2. The quantitative estimate of drug-likeness (QED) is 0.807. The normalized spacial score (nSPS) is 22.8. The smallest absolute Gasteiger partial charge is 0.259 e. The van der Waals surface area contributed by atoms with Crippen molar-refractivity contribution in [3.05, 3.63) is 33.7 Å². The maximum Gasteiger partial charge on any atom is 0.259 e. The van der Waals surface area contributed by atoms with Crippen LogP contribution in [0.1, 0.15) is 29.9 Å². The summed E-state index contributed by atoms with van der Waals surface area (Å²) in [6, 6.07) is 1.96. The molecule has 0 radical (unpaired) electrons. The maximum absolute atomic E-state index is 12.3. The Morgan fingerprint density at radius 2 is 1.89 bits per heavy atom. The van der Waals surface area contributed by atoms with Gasteiger partial charge in [0, 0.05) is 43.1 Å². The molecule has 1 fully saturated rings. The summed E-state index contributed by atoms with van der Waals surface area (Å²) in [4.78, 5) is 28.8. The first-order chi connectivity index (χ1) is 8.47. The number of piperazine rings is 1. The van der Waals surface area contributed by atoms with E-state index < -0.39 is 0 Å². The molecule has 0 saturated carbocycles. The zero-order valence-electron chi connectivity index (χ0n) is 11.4. The number of nitrogens with one attached hydrogen (secondary N) is 2. The first kappa shape index (κ1) is 15.7. The second-order valence-electron chi connectivity index (χ2n) is 5.07. The predicted molar refractivity (Wildman–Crippen MR) is 77.0 cm³/mol. The number of halogens is 1. The van der Waals surface area contributed by atoms with E-state index in [1.54, 1.807) is 11.8 Å². The van der Waals surface area contributed by atoms with Crippen LogP contribution >= 0.6 is 12.4 Å². The molecule has 1 aliphatic rings. The lowest BCUT2D eigenvalue weighted by molar-refractivity contribution is 0.0672. The molecule has 2 N–H and O–H groups in total. The van der Waals surface area contributed by atoms with Crippen molar-refractivity contribution in [3.63, 3.8) is 0 Å². The molecule has 2 unspecified atom stereocenters. The summed E-state index contributed by atoms with van der Waals surface area (Å²) in [5.41, 5.74) is 0.774. The number of aryl methyl sites for hydroxylation is 1. The monoisotopic (exact) mass is 285 g/mol.